The number of nitrogens with one attached hydrogen (secondary N) is 3. The summed E-state index contributed by atoms with van der Waals surface area (Å²) in [4.78, 5) is 13.9. The van der Waals surface area contributed by atoms with Crippen LogP contribution in [-0.4, -0.2) is 47.6 Å². The van der Waals surface area contributed by atoms with Crippen molar-refractivity contribution in [3.05, 3.63) is 53.6 Å². The van der Waals surface area contributed by atoms with Crippen LogP contribution in [0.15, 0.2) is 47.4 Å². The summed E-state index contributed by atoms with van der Waals surface area (Å²) in [7, 11) is -2.52. The molecule has 1 heterocycles. The number of rotatable bonds is 8. The highest BCUT2D eigenvalue weighted by Gasteiger charge is 2.22. The summed E-state index contributed by atoms with van der Waals surface area (Å²) in [5.74, 6) is -0.110. The number of methoxy groups -OCH3 is 1. The average Bonchev–Trinajstić information content (AvgIpc) is 3.22. The molecule has 3 N–H and O–H groups in total. The monoisotopic (exact) mass is 418 g/mol. The number of amides is 1. The molecule has 0 aliphatic carbocycles. The van der Waals surface area contributed by atoms with Crippen molar-refractivity contribution in [3.8, 4) is 5.75 Å². The van der Waals surface area contributed by atoms with Gasteiger partial charge in [-0.3, -0.25) is 9.52 Å². The zero-order valence-corrected chi connectivity index (χ0v) is 17.6. The van der Waals surface area contributed by atoms with E-state index in [2.05, 4.69) is 10.0 Å². The first kappa shape index (κ1) is 21.1. The fourth-order valence-electron chi connectivity index (χ4n) is 3.44. The van der Waals surface area contributed by atoms with Gasteiger partial charge in [-0.2, -0.15) is 0 Å². The highest BCUT2D eigenvalue weighted by atomic mass is 32.2. The Labute approximate surface area is 172 Å². The molecule has 2 aromatic rings. The van der Waals surface area contributed by atoms with Gasteiger partial charge in [0.15, 0.2) is 0 Å². The lowest BCUT2D eigenvalue weighted by atomic mass is 10.2. The second-order valence-corrected chi connectivity index (χ2v) is 8.95. The lowest BCUT2D eigenvalue weighted by Gasteiger charge is -2.14. The molecule has 0 spiro atoms. The molecule has 7 nitrogen and oxygen atoms in total. The molecule has 2 aromatic carbocycles. The van der Waals surface area contributed by atoms with Crippen molar-refractivity contribution in [2.24, 2.45) is 0 Å². The van der Waals surface area contributed by atoms with Crippen LogP contribution in [-0.2, 0) is 10.0 Å². The van der Waals surface area contributed by atoms with Gasteiger partial charge < -0.3 is 15.0 Å². The van der Waals surface area contributed by atoms with Crippen LogP contribution >= 0.6 is 0 Å². The van der Waals surface area contributed by atoms with E-state index in [1.807, 2.05) is 19.1 Å². The SMILES string of the molecule is COc1ccc(C(=O)NCC[NH+]2CCCC2)cc1S(=O)(=O)Nc1ccc(C)cc1. The molecule has 8 heteroatoms. The highest BCUT2D eigenvalue weighted by Crippen LogP contribution is 2.27. The summed E-state index contributed by atoms with van der Waals surface area (Å²) in [5.41, 5.74) is 1.76. The Balaban J connectivity index is 1.74. The molecular formula is C21H28N3O4S+. The van der Waals surface area contributed by atoms with Gasteiger partial charge in [0, 0.05) is 24.1 Å². The Morgan fingerprint density at radius 3 is 2.45 bits per heavy atom. The van der Waals surface area contributed by atoms with E-state index in [9.17, 15) is 13.2 Å². The van der Waals surface area contributed by atoms with E-state index in [-0.39, 0.29) is 22.1 Å². The molecule has 0 bridgehead atoms. The van der Waals surface area contributed by atoms with Crippen molar-refractivity contribution in [1.29, 1.82) is 0 Å². The van der Waals surface area contributed by atoms with E-state index in [4.69, 9.17) is 4.74 Å². The van der Waals surface area contributed by atoms with E-state index in [0.29, 0.717) is 12.2 Å². The summed E-state index contributed by atoms with van der Waals surface area (Å²) < 4.78 is 33.6. The first-order valence-electron chi connectivity index (χ1n) is 9.78. The molecule has 0 radical (unpaired) electrons. The Bertz CT molecular complexity index is 952. The smallest absolute Gasteiger partial charge is 0.265 e. The largest absolute Gasteiger partial charge is 0.495 e. The van der Waals surface area contributed by atoms with E-state index < -0.39 is 10.0 Å². The third-order valence-electron chi connectivity index (χ3n) is 5.09. The second-order valence-electron chi connectivity index (χ2n) is 7.30. The van der Waals surface area contributed by atoms with Crippen molar-refractivity contribution in [2.75, 3.05) is 38.0 Å². The molecule has 0 atom stereocenters. The molecule has 0 unspecified atom stereocenters. The predicted octanol–water partition coefficient (Wildman–Crippen LogP) is 1.21. The number of benzene rings is 2. The predicted molar refractivity (Wildman–Crippen MR) is 112 cm³/mol. The maximum Gasteiger partial charge on any atom is 0.265 e. The Hall–Kier alpha value is -2.58. The van der Waals surface area contributed by atoms with Crippen LogP contribution < -0.4 is 19.7 Å². The molecular weight excluding hydrogens is 390 g/mol. The van der Waals surface area contributed by atoms with Crippen molar-refractivity contribution < 1.29 is 22.8 Å². The van der Waals surface area contributed by atoms with E-state index >= 15 is 0 Å². The van der Waals surface area contributed by atoms with E-state index in [1.165, 1.54) is 37.0 Å². The number of ether oxygens (including phenoxy) is 1. The topological polar surface area (TPSA) is 88.9 Å². The molecule has 1 aliphatic heterocycles. The summed E-state index contributed by atoms with van der Waals surface area (Å²) in [6.07, 6.45) is 2.47. The van der Waals surface area contributed by atoms with Gasteiger partial charge in [0.1, 0.15) is 10.6 Å². The fraction of sp³-hybridized carbons (Fsp3) is 0.381. The van der Waals surface area contributed by atoms with Gasteiger partial charge in [-0.1, -0.05) is 17.7 Å². The Morgan fingerprint density at radius 1 is 1.10 bits per heavy atom. The number of quaternary nitrogens is 1. The van der Waals surface area contributed by atoms with Crippen LogP contribution in [0.1, 0.15) is 28.8 Å². The number of hydrogen-bond acceptors (Lipinski definition) is 4. The lowest BCUT2D eigenvalue weighted by molar-refractivity contribution is -0.886. The summed E-state index contributed by atoms with van der Waals surface area (Å²) in [6.45, 7) is 5.65. The highest BCUT2D eigenvalue weighted by molar-refractivity contribution is 7.92. The number of likely N-dealkylation sites (tertiary alicyclic amines) is 1. The molecule has 1 amide bonds. The number of sulfonamides is 1. The summed E-state index contributed by atoms with van der Waals surface area (Å²) in [6, 6.07) is 11.5. The van der Waals surface area contributed by atoms with Gasteiger partial charge in [0.05, 0.1) is 33.3 Å². The summed E-state index contributed by atoms with van der Waals surface area (Å²) >= 11 is 0. The molecule has 3 rings (SSSR count). The maximum atomic E-state index is 12.9. The van der Waals surface area contributed by atoms with E-state index in [0.717, 1.165) is 25.2 Å². The average molecular weight is 419 g/mol. The van der Waals surface area contributed by atoms with E-state index in [1.54, 1.807) is 18.2 Å². The molecule has 1 saturated heterocycles. The van der Waals surface area contributed by atoms with Gasteiger partial charge in [-0.25, -0.2) is 8.42 Å². The first-order valence-corrected chi connectivity index (χ1v) is 11.3. The van der Waals surface area contributed by atoms with Crippen LogP contribution in [0.2, 0.25) is 0 Å². The third kappa shape index (κ3) is 5.48. The molecule has 156 valence electrons. The normalized spacial score (nSPS) is 14.6. The Kier molecular flexibility index (Phi) is 6.76. The zero-order valence-electron chi connectivity index (χ0n) is 16.8. The van der Waals surface area contributed by atoms with Crippen LogP contribution in [0.5, 0.6) is 5.75 Å². The van der Waals surface area contributed by atoms with Gasteiger partial charge >= 0.3 is 0 Å². The number of carbonyl (C=O) groups excluding carboxylic acids is 1. The molecule has 0 saturated carbocycles. The molecule has 29 heavy (non-hydrogen) atoms. The van der Waals surface area contributed by atoms with Crippen molar-refractivity contribution in [1.82, 2.24) is 5.32 Å². The number of aryl methyl sites for hydroxylation is 1. The molecule has 1 fully saturated rings. The molecule has 0 aromatic heterocycles. The summed E-state index contributed by atoms with van der Waals surface area (Å²) in [5, 5.41) is 2.88. The van der Waals surface area contributed by atoms with Crippen LogP contribution in [0.4, 0.5) is 5.69 Å². The van der Waals surface area contributed by atoms with Gasteiger partial charge in [-0.15, -0.1) is 0 Å². The number of anilines is 1. The first-order chi connectivity index (χ1) is 13.9. The molecule has 1 aliphatic rings. The minimum absolute atomic E-state index is 0.0709. The lowest BCUT2D eigenvalue weighted by Crippen LogP contribution is -3.10. The standard InChI is InChI=1S/C21H27N3O4S/c1-16-5-8-18(9-6-16)23-29(26,27)20-15-17(7-10-19(20)28-2)21(25)22-11-14-24-12-3-4-13-24/h5-10,15,23H,3-4,11-14H2,1-2H3,(H,22,25)/p+1. The maximum absolute atomic E-state index is 12.9. The second kappa shape index (κ2) is 9.28. The minimum Gasteiger partial charge on any atom is -0.495 e. The number of hydrogen-bond donors (Lipinski definition) is 3. The van der Waals surface area contributed by atoms with Gasteiger partial charge in [-0.05, 0) is 37.3 Å². The van der Waals surface area contributed by atoms with Crippen LogP contribution in [0, 0.1) is 6.92 Å². The Morgan fingerprint density at radius 2 is 1.79 bits per heavy atom. The zero-order chi connectivity index (χ0) is 20.9. The minimum atomic E-state index is -3.92. The third-order valence-corrected chi connectivity index (χ3v) is 6.50. The van der Waals surface area contributed by atoms with Crippen molar-refractivity contribution >= 4 is 21.6 Å². The van der Waals surface area contributed by atoms with Crippen LogP contribution in [0.3, 0.4) is 0 Å². The van der Waals surface area contributed by atoms with Crippen LogP contribution in [0.25, 0.3) is 0 Å². The quantitative estimate of drug-likeness (QED) is 0.601. The van der Waals surface area contributed by atoms with Crippen molar-refractivity contribution in [3.63, 3.8) is 0 Å². The van der Waals surface area contributed by atoms with Gasteiger partial charge in [0.25, 0.3) is 15.9 Å². The van der Waals surface area contributed by atoms with Crippen molar-refractivity contribution in [2.45, 2.75) is 24.7 Å². The van der Waals surface area contributed by atoms with Gasteiger partial charge in [0.2, 0.25) is 0 Å². The fourth-order valence-corrected chi connectivity index (χ4v) is 4.69. The number of carbonyl (C=O) groups is 1.